The van der Waals surface area contributed by atoms with Crippen LogP contribution in [0.3, 0.4) is 0 Å². The van der Waals surface area contributed by atoms with Crippen LogP contribution in [0.4, 0.5) is 0 Å². The number of H-pyrrole nitrogens is 1. The van der Waals surface area contributed by atoms with Crippen molar-refractivity contribution >= 4 is 6.47 Å². The number of nitrogens with zero attached hydrogens (tertiary/aromatic N) is 1. The van der Waals surface area contributed by atoms with Crippen LogP contribution >= 0.6 is 0 Å². The Morgan fingerprint density at radius 3 is 2.48 bits per heavy atom. The first-order valence-electron chi connectivity index (χ1n) is 9.38. The molecule has 0 unspecified atom stereocenters. The van der Waals surface area contributed by atoms with Crippen molar-refractivity contribution in [1.29, 1.82) is 0 Å². The van der Waals surface area contributed by atoms with Crippen LogP contribution < -0.4 is 5.32 Å². The number of aromatic amines is 1. The highest BCUT2D eigenvalue weighted by Gasteiger charge is 2.21. The number of terminal acetylenes is 1. The second-order valence-electron chi connectivity index (χ2n) is 7.50. The Kier molecular flexibility index (Phi) is 7.20. The predicted molar refractivity (Wildman–Crippen MR) is 108 cm³/mol. The normalized spacial score (nSPS) is 16.2. The van der Waals surface area contributed by atoms with Crippen molar-refractivity contribution in [3.63, 3.8) is 0 Å². The highest BCUT2D eigenvalue weighted by molar-refractivity contribution is 5.63. The Labute approximate surface area is 161 Å². The van der Waals surface area contributed by atoms with Gasteiger partial charge in [-0.05, 0) is 58.7 Å². The molecular formula is C22H29N3O2. The quantitative estimate of drug-likeness (QED) is 0.633. The van der Waals surface area contributed by atoms with Crippen LogP contribution in [0.5, 0.6) is 0 Å². The molecule has 0 bridgehead atoms. The van der Waals surface area contributed by atoms with E-state index in [-0.39, 0.29) is 5.60 Å². The van der Waals surface area contributed by atoms with Crippen LogP contribution in [0.2, 0.25) is 0 Å². The van der Waals surface area contributed by atoms with Crippen molar-refractivity contribution in [2.24, 2.45) is 0 Å². The van der Waals surface area contributed by atoms with Crippen LogP contribution in [-0.4, -0.2) is 28.6 Å². The maximum atomic E-state index is 9.60. The average Bonchev–Trinajstić information content (AvgIpc) is 3.30. The van der Waals surface area contributed by atoms with E-state index in [2.05, 4.69) is 40.0 Å². The van der Waals surface area contributed by atoms with Crippen LogP contribution in [0, 0.1) is 12.3 Å². The van der Waals surface area contributed by atoms with Gasteiger partial charge in [0.15, 0.2) is 0 Å². The minimum atomic E-state index is -0.318. The summed E-state index contributed by atoms with van der Waals surface area (Å²) >= 11 is 0. The number of carbonyl (C=O) groups is 1. The maximum absolute atomic E-state index is 9.60. The van der Waals surface area contributed by atoms with E-state index in [1.807, 2.05) is 32.9 Å². The summed E-state index contributed by atoms with van der Waals surface area (Å²) in [6.07, 6.45) is 8.73. The molecule has 144 valence electrons. The summed E-state index contributed by atoms with van der Waals surface area (Å²) in [7, 11) is 0. The molecule has 1 aliphatic heterocycles. The molecule has 1 saturated heterocycles. The van der Waals surface area contributed by atoms with E-state index in [0.717, 1.165) is 42.0 Å². The Bertz CT molecular complexity index is 773. The molecule has 2 aromatic rings. The number of rotatable bonds is 4. The molecule has 5 nitrogen and oxygen atoms in total. The monoisotopic (exact) mass is 367 g/mol. The Hall–Kier alpha value is -2.58. The lowest BCUT2D eigenvalue weighted by Gasteiger charge is -2.14. The standard InChI is InChI=1S/C17H19N3.C5H10O2/c1-3-12-7-9-13(10-8-12)16-14(4-2)19-17(20-16)15-6-5-11-18-15;1-5(2,3)7-4-6/h1,7-10,15,18H,4-6,11H2,2H3,(H,19,20);4H,1-3H3/t15-;/m0./s1. The second kappa shape index (κ2) is 9.38. The topological polar surface area (TPSA) is 67.0 Å². The summed E-state index contributed by atoms with van der Waals surface area (Å²) in [4.78, 5) is 17.9. The Morgan fingerprint density at radius 2 is 2.04 bits per heavy atom. The molecule has 0 aliphatic carbocycles. The Balaban J connectivity index is 0.000000321. The number of nitrogens with one attached hydrogen (secondary N) is 2. The van der Waals surface area contributed by atoms with Crippen molar-refractivity contribution in [1.82, 2.24) is 15.3 Å². The molecule has 1 fully saturated rings. The SMILES string of the molecule is C#Cc1ccc(-c2nc([C@@H]3CCCN3)[nH]c2CC)cc1.CC(C)(C)OC=O. The van der Waals surface area contributed by atoms with Gasteiger partial charge in [-0.3, -0.25) is 4.79 Å². The highest BCUT2D eigenvalue weighted by Crippen LogP contribution is 2.27. The number of aromatic nitrogens is 2. The molecule has 0 amide bonds. The molecule has 1 aromatic carbocycles. The van der Waals surface area contributed by atoms with Gasteiger partial charge in [0.25, 0.3) is 6.47 Å². The third-order valence-corrected chi connectivity index (χ3v) is 4.27. The van der Waals surface area contributed by atoms with Gasteiger partial charge in [0.05, 0.1) is 11.7 Å². The van der Waals surface area contributed by atoms with Crippen molar-refractivity contribution < 1.29 is 9.53 Å². The summed E-state index contributed by atoms with van der Waals surface area (Å²) in [5, 5.41) is 3.49. The number of carbonyl (C=O) groups excluding carboxylic acids is 1. The molecule has 0 radical (unpaired) electrons. The lowest BCUT2D eigenvalue weighted by molar-refractivity contribution is -0.138. The fourth-order valence-electron chi connectivity index (χ4n) is 2.88. The average molecular weight is 367 g/mol. The Morgan fingerprint density at radius 1 is 1.33 bits per heavy atom. The third kappa shape index (κ3) is 5.97. The number of imidazole rings is 1. The first-order valence-corrected chi connectivity index (χ1v) is 9.38. The van der Waals surface area contributed by atoms with Gasteiger partial charge in [-0.25, -0.2) is 4.98 Å². The van der Waals surface area contributed by atoms with Crippen molar-refractivity contribution in [3.8, 4) is 23.6 Å². The first-order chi connectivity index (χ1) is 12.9. The zero-order chi connectivity index (χ0) is 19.9. The zero-order valence-electron chi connectivity index (χ0n) is 16.6. The molecular weight excluding hydrogens is 338 g/mol. The minimum absolute atomic E-state index is 0.318. The van der Waals surface area contributed by atoms with E-state index in [1.165, 1.54) is 12.1 Å². The van der Waals surface area contributed by atoms with Gasteiger partial charge in [-0.2, -0.15) is 0 Å². The molecule has 2 heterocycles. The van der Waals surface area contributed by atoms with Crippen molar-refractivity contribution in [2.75, 3.05) is 6.54 Å². The summed E-state index contributed by atoms with van der Waals surface area (Å²) in [6, 6.07) is 8.42. The van der Waals surface area contributed by atoms with Gasteiger partial charge < -0.3 is 15.0 Å². The van der Waals surface area contributed by atoms with Crippen LogP contribution in [0.15, 0.2) is 24.3 Å². The molecule has 1 aliphatic rings. The van der Waals surface area contributed by atoms with Crippen LogP contribution in [-0.2, 0) is 16.0 Å². The molecule has 27 heavy (non-hydrogen) atoms. The molecule has 3 rings (SSSR count). The fourth-order valence-corrected chi connectivity index (χ4v) is 2.88. The minimum Gasteiger partial charge on any atom is -0.462 e. The molecule has 1 atom stereocenters. The third-order valence-electron chi connectivity index (χ3n) is 4.27. The smallest absolute Gasteiger partial charge is 0.293 e. The van der Waals surface area contributed by atoms with E-state index in [0.29, 0.717) is 12.5 Å². The van der Waals surface area contributed by atoms with Gasteiger partial charge in [-0.15, -0.1) is 6.42 Å². The summed E-state index contributed by atoms with van der Waals surface area (Å²) < 4.78 is 4.55. The number of benzene rings is 1. The molecule has 2 N–H and O–H groups in total. The largest absolute Gasteiger partial charge is 0.462 e. The summed E-state index contributed by atoms with van der Waals surface area (Å²) in [5.41, 5.74) is 3.96. The van der Waals surface area contributed by atoms with Crippen LogP contribution in [0.1, 0.15) is 63.7 Å². The highest BCUT2D eigenvalue weighted by atomic mass is 16.5. The number of hydrogen-bond acceptors (Lipinski definition) is 4. The first kappa shape index (κ1) is 20.7. The van der Waals surface area contributed by atoms with Gasteiger partial charge in [0.1, 0.15) is 11.4 Å². The number of ether oxygens (including phenoxy) is 1. The van der Waals surface area contributed by atoms with E-state index in [1.54, 1.807) is 0 Å². The lowest BCUT2D eigenvalue weighted by atomic mass is 10.1. The van der Waals surface area contributed by atoms with Crippen LogP contribution in [0.25, 0.3) is 11.3 Å². The molecule has 0 saturated carbocycles. The predicted octanol–water partition coefficient (Wildman–Crippen LogP) is 4.00. The molecule has 5 heteroatoms. The van der Waals surface area contributed by atoms with Gasteiger partial charge in [0, 0.05) is 16.8 Å². The van der Waals surface area contributed by atoms with Crippen molar-refractivity contribution in [2.45, 2.75) is 58.6 Å². The van der Waals surface area contributed by atoms with Gasteiger partial charge in [-0.1, -0.05) is 25.0 Å². The number of hydrogen-bond donors (Lipinski definition) is 2. The van der Waals surface area contributed by atoms with Gasteiger partial charge in [0.2, 0.25) is 0 Å². The molecule has 0 spiro atoms. The maximum Gasteiger partial charge on any atom is 0.293 e. The van der Waals surface area contributed by atoms with E-state index in [9.17, 15) is 4.79 Å². The van der Waals surface area contributed by atoms with E-state index < -0.39 is 0 Å². The second-order valence-corrected chi connectivity index (χ2v) is 7.50. The fraction of sp³-hybridized carbons (Fsp3) is 0.455. The lowest BCUT2D eigenvalue weighted by Crippen LogP contribution is -2.17. The van der Waals surface area contributed by atoms with Crippen molar-refractivity contribution in [3.05, 3.63) is 41.3 Å². The zero-order valence-corrected chi connectivity index (χ0v) is 16.6. The summed E-state index contributed by atoms with van der Waals surface area (Å²) in [5.74, 6) is 3.71. The van der Waals surface area contributed by atoms with E-state index in [4.69, 9.17) is 11.4 Å². The molecule has 1 aromatic heterocycles. The van der Waals surface area contributed by atoms with E-state index >= 15 is 0 Å². The van der Waals surface area contributed by atoms with Gasteiger partial charge >= 0.3 is 0 Å². The number of aryl methyl sites for hydroxylation is 1. The summed E-state index contributed by atoms with van der Waals surface area (Å²) in [6.45, 7) is 9.15.